The Kier molecular flexibility index (Phi) is 5.45. The van der Waals surface area contributed by atoms with Gasteiger partial charge in [0.1, 0.15) is 0 Å². The number of benzene rings is 1. The molecule has 1 unspecified atom stereocenters. The van der Waals surface area contributed by atoms with Crippen molar-refractivity contribution in [1.29, 1.82) is 0 Å². The molecule has 18 heavy (non-hydrogen) atoms. The molecule has 1 atom stereocenters. The van der Waals surface area contributed by atoms with Gasteiger partial charge in [-0.1, -0.05) is 6.07 Å². The number of hydrogen-bond acceptors (Lipinski definition) is 5. The number of nitrogens with two attached hydrogens (primary N) is 1. The molecule has 1 aromatic carbocycles. The first kappa shape index (κ1) is 14.3. The van der Waals surface area contributed by atoms with Crippen LogP contribution in [-0.2, 0) is 16.0 Å². The van der Waals surface area contributed by atoms with Crippen LogP contribution in [0.25, 0.3) is 0 Å². The highest BCUT2D eigenvalue weighted by atomic mass is 16.6. The van der Waals surface area contributed by atoms with Crippen LogP contribution >= 0.6 is 0 Å². The van der Waals surface area contributed by atoms with Gasteiger partial charge >= 0.3 is 5.97 Å². The van der Waals surface area contributed by atoms with Gasteiger partial charge < -0.3 is 19.9 Å². The van der Waals surface area contributed by atoms with Crippen LogP contribution in [0.2, 0.25) is 0 Å². The summed E-state index contributed by atoms with van der Waals surface area (Å²) in [5, 5.41) is 0. The quantitative estimate of drug-likeness (QED) is 0.770. The molecule has 0 radical (unpaired) electrons. The predicted molar refractivity (Wildman–Crippen MR) is 67.9 cm³/mol. The molecule has 0 aliphatic heterocycles. The van der Waals surface area contributed by atoms with Gasteiger partial charge in [0.2, 0.25) is 0 Å². The van der Waals surface area contributed by atoms with E-state index in [0.29, 0.717) is 18.0 Å². The number of carbonyl (C=O) groups excluding carboxylic acids is 1. The Labute approximate surface area is 107 Å². The average molecular weight is 253 g/mol. The van der Waals surface area contributed by atoms with Gasteiger partial charge in [-0.3, -0.25) is 0 Å². The van der Waals surface area contributed by atoms with E-state index < -0.39 is 12.1 Å². The van der Waals surface area contributed by atoms with Crippen LogP contribution in [0.5, 0.6) is 11.5 Å². The molecule has 0 aromatic heterocycles. The second kappa shape index (κ2) is 6.86. The molecular formula is C13H19NO4. The fourth-order valence-electron chi connectivity index (χ4n) is 1.54. The van der Waals surface area contributed by atoms with Gasteiger partial charge in [-0.25, -0.2) is 4.79 Å². The summed E-state index contributed by atoms with van der Waals surface area (Å²) >= 11 is 0. The molecule has 0 saturated carbocycles. The molecule has 0 amide bonds. The van der Waals surface area contributed by atoms with Crippen molar-refractivity contribution in [2.75, 3.05) is 20.8 Å². The molecule has 5 heteroatoms. The van der Waals surface area contributed by atoms with Crippen LogP contribution in [0, 0.1) is 0 Å². The van der Waals surface area contributed by atoms with Crippen molar-refractivity contribution < 1.29 is 19.0 Å². The standard InChI is InChI=1S/C13H19NO4/c1-9(13(15)17-3)18-12-8-10(6-7-14)4-5-11(12)16-2/h4-5,8-9H,6-7,14H2,1-3H3. The average Bonchev–Trinajstić information content (AvgIpc) is 2.38. The molecular weight excluding hydrogens is 234 g/mol. The second-order valence-corrected chi connectivity index (χ2v) is 3.81. The maximum absolute atomic E-state index is 11.3. The van der Waals surface area contributed by atoms with E-state index in [4.69, 9.17) is 15.2 Å². The highest BCUT2D eigenvalue weighted by Gasteiger charge is 2.17. The molecule has 0 saturated heterocycles. The highest BCUT2D eigenvalue weighted by Crippen LogP contribution is 2.29. The lowest BCUT2D eigenvalue weighted by Gasteiger charge is -2.16. The van der Waals surface area contributed by atoms with Crippen molar-refractivity contribution in [1.82, 2.24) is 0 Å². The summed E-state index contributed by atoms with van der Waals surface area (Å²) in [6, 6.07) is 5.54. The van der Waals surface area contributed by atoms with E-state index in [-0.39, 0.29) is 0 Å². The Morgan fingerprint density at radius 1 is 1.33 bits per heavy atom. The fourth-order valence-corrected chi connectivity index (χ4v) is 1.54. The SMILES string of the molecule is COC(=O)C(C)Oc1cc(CCN)ccc1OC. The highest BCUT2D eigenvalue weighted by molar-refractivity contribution is 5.74. The molecule has 0 aliphatic rings. The molecule has 2 N–H and O–H groups in total. The minimum absolute atomic E-state index is 0.429. The van der Waals surface area contributed by atoms with E-state index in [1.54, 1.807) is 20.1 Å². The normalized spacial score (nSPS) is 11.8. The first-order valence-corrected chi connectivity index (χ1v) is 5.73. The zero-order valence-electron chi connectivity index (χ0n) is 10.9. The van der Waals surface area contributed by atoms with Crippen molar-refractivity contribution in [3.05, 3.63) is 23.8 Å². The molecule has 0 bridgehead atoms. The third-order valence-electron chi connectivity index (χ3n) is 2.50. The molecule has 0 fully saturated rings. The van der Waals surface area contributed by atoms with Crippen LogP contribution in [0.1, 0.15) is 12.5 Å². The van der Waals surface area contributed by atoms with E-state index in [1.165, 1.54) is 7.11 Å². The Balaban J connectivity index is 2.90. The van der Waals surface area contributed by atoms with Gasteiger partial charge in [0.05, 0.1) is 14.2 Å². The summed E-state index contributed by atoms with van der Waals surface area (Å²) < 4.78 is 15.3. The summed E-state index contributed by atoms with van der Waals surface area (Å²) in [4.78, 5) is 11.3. The molecule has 5 nitrogen and oxygen atoms in total. The minimum atomic E-state index is -0.683. The number of rotatable bonds is 6. The predicted octanol–water partition coefficient (Wildman–Crippen LogP) is 1.14. The Morgan fingerprint density at radius 2 is 2.06 bits per heavy atom. The summed E-state index contributed by atoms with van der Waals surface area (Å²) in [5.41, 5.74) is 6.54. The maximum Gasteiger partial charge on any atom is 0.346 e. The van der Waals surface area contributed by atoms with Crippen molar-refractivity contribution in [3.8, 4) is 11.5 Å². The third kappa shape index (κ3) is 3.63. The lowest BCUT2D eigenvalue weighted by atomic mass is 10.1. The van der Waals surface area contributed by atoms with Gasteiger partial charge in [-0.05, 0) is 37.6 Å². The van der Waals surface area contributed by atoms with Crippen molar-refractivity contribution >= 4 is 5.97 Å². The lowest BCUT2D eigenvalue weighted by Crippen LogP contribution is -2.25. The van der Waals surface area contributed by atoms with Crippen LogP contribution in [-0.4, -0.2) is 32.8 Å². The van der Waals surface area contributed by atoms with E-state index >= 15 is 0 Å². The smallest absolute Gasteiger partial charge is 0.346 e. The number of ether oxygens (including phenoxy) is 3. The second-order valence-electron chi connectivity index (χ2n) is 3.81. The minimum Gasteiger partial charge on any atom is -0.493 e. The summed E-state index contributed by atoms with van der Waals surface area (Å²) in [6.45, 7) is 2.18. The van der Waals surface area contributed by atoms with Crippen LogP contribution in [0.4, 0.5) is 0 Å². The van der Waals surface area contributed by atoms with Crippen LogP contribution in [0.15, 0.2) is 18.2 Å². The molecule has 0 heterocycles. The zero-order valence-corrected chi connectivity index (χ0v) is 10.9. The Hall–Kier alpha value is -1.75. The molecule has 100 valence electrons. The summed E-state index contributed by atoms with van der Waals surface area (Å²) in [7, 11) is 2.87. The van der Waals surface area contributed by atoms with Gasteiger partial charge in [0, 0.05) is 0 Å². The number of esters is 1. The first-order chi connectivity index (χ1) is 8.62. The first-order valence-electron chi connectivity index (χ1n) is 5.73. The van der Waals surface area contributed by atoms with Crippen LogP contribution in [0.3, 0.4) is 0 Å². The monoisotopic (exact) mass is 253 g/mol. The Morgan fingerprint density at radius 3 is 2.61 bits per heavy atom. The van der Waals surface area contributed by atoms with Gasteiger partial charge in [0.25, 0.3) is 0 Å². The van der Waals surface area contributed by atoms with Crippen molar-refractivity contribution in [2.45, 2.75) is 19.4 Å². The van der Waals surface area contributed by atoms with Gasteiger partial charge in [-0.2, -0.15) is 0 Å². The lowest BCUT2D eigenvalue weighted by molar-refractivity contribution is -0.147. The molecule has 0 spiro atoms. The Bertz CT molecular complexity index is 406. The summed E-state index contributed by atoms with van der Waals surface area (Å²) in [6.07, 6.45) is 0.0597. The third-order valence-corrected chi connectivity index (χ3v) is 2.50. The van der Waals surface area contributed by atoms with E-state index in [1.807, 2.05) is 12.1 Å². The van der Waals surface area contributed by atoms with E-state index in [9.17, 15) is 4.79 Å². The van der Waals surface area contributed by atoms with Crippen molar-refractivity contribution in [2.24, 2.45) is 5.73 Å². The van der Waals surface area contributed by atoms with E-state index in [0.717, 1.165) is 12.0 Å². The maximum atomic E-state index is 11.3. The zero-order chi connectivity index (χ0) is 13.5. The molecule has 1 rings (SSSR count). The molecule has 1 aromatic rings. The van der Waals surface area contributed by atoms with E-state index in [2.05, 4.69) is 4.74 Å². The van der Waals surface area contributed by atoms with Crippen molar-refractivity contribution in [3.63, 3.8) is 0 Å². The number of methoxy groups -OCH3 is 2. The summed E-state index contributed by atoms with van der Waals surface area (Å²) in [5.74, 6) is 0.661. The largest absolute Gasteiger partial charge is 0.493 e. The molecule has 0 aliphatic carbocycles. The topological polar surface area (TPSA) is 70.8 Å². The fraction of sp³-hybridized carbons (Fsp3) is 0.462. The van der Waals surface area contributed by atoms with Crippen LogP contribution < -0.4 is 15.2 Å². The van der Waals surface area contributed by atoms with Gasteiger partial charge in [0.15, 0.2) is 17.6 Å². The number of carbonyl (C=O) groups is 1. The van der Waals surface area contributed by atoms with Gasteiger partial charge in [-0.15, -0.1) is 0 Å². The number of hydrogen-bond donors (Lipinski definition) is 1.